The molecule has 1 aliphatic heterocycles. The van der Waals surface area contributed by atoms with Crippen molar-refractivity contribution in [3.63, 3.8) is 0 Å². The Bertz CT molecular complexity index is 957. The number of fused-ring (bicyclic) bond motifs is 1. The third-order valence-corrected chi connectivity index (χ3v) is 6.48. The molecule has 3 heterocycles. The maximum atomic E-state index is 13.3. The average molecular weight is 420 g/mol. The van der Waals surface area contributed by atoms with Crippen molar-refractivity contribution in [3.8, 4) is 0 Å². The van der Waals surface area contributed by atoms with E-state index in [0.29, 0.717) is 22.4 Å². The topological polar surface area (TPSA) is 63.5 Å². The number of amides is 1. The second kappa shape index (κ2) is 8.16. The average Bonchev–Trinajstić information content (AvgIpc) is 3.33. The monoisotopic (exact) mass is 419 g/mol. The molecule has 1 aromatic carbocycles. The lowest BCUT2D eigenvalue weighted by Crippen LogP contribution is -2.43. The highest BCUT2D eigenvalue weighted by atomic mass is 35.5. The second-order valence-corrected chi connectivity index (χ2v) is 8.17. The van der Waals surface area contributed by atoms with Gasteiger partial charge in [-0.05, 0) is 24.6 Å². The van der Waals surface area contributed by atoms with E-state index in [1.54, 1.807) is 28.9 Å². The Morgan fingerprint density at radius 1 is 1.32 bits per heavy atom. The van der Waals surface area contributed by atoms with Gasteiger partial charge in [-0.1, -0.05) is 29.0 Å². The van der Waals surface area contributed by atoms with Crippen molar-refractivity contribution in [3.05, 3.63) is 40.7 Å². The van der Waals surface area contributed by atoms with Crippen LogP contribution in [0.3, 0.4) is 0 Å². The van der Waals surface area contributed by atoms with Crippen LogP contribution in [0.2, 0.25) is 5.02 Å². The fourth-order valence-corrected chi connectivity index (χ4v) is 4.62. The molecule has 148 valence electrons. The van der Waals surface area contributed by atoms with E-state index in [1.165, 1.54) is 11.3 Å². The standard InChI is InChI=1S/C19H22ClN5O2S/c1-13-3-4-14(20)17-16(13)22-19(28-17)25(8-7-24-9-11-27-12-10-24)18(26)15-5-6-21-23(15)2/h3-6H,7-12H2,1-2H3. The molecule has 0 saturated carbocycles. The summed E-state index contributed by atoms with van der Waals surface area (Å²) in [5.74, 6) is -0.110. The Hall–Kier alpha value is -2.00. The molecule has 0 atom stereocenters. The Kier molecular flexibility index (Phi) is 5.63. The number of rotatable bonds is 5. The third-order valence-electron chi connectivity index (χ3n) is 4.95. The van der Waals surface area contributed by atoms with Crippen LogP contribution in [0.25, 0.3) is 10.2 Å². The number of halogens is 1. The molecular weight excluding hydrogens is 398 g/mol. The Balaban J connectivity index is 1.67. The molecular formula is C19H22ClN5O2S. The van der Waals surface area contributed by atoms with Crippen molar-refractivity contribution in [2.45, 2.75) is 6.92 Å². The van der Waals surface area contributed by atoms with Crippen LogP contribution in [0.15, 0.2) is 24.4 Å². The highest BCUT2D eigenvalue weighted by molar-refractivity contribution is 7.23. The second-order valence-electron chi connectivity index (χ2n) is 6.79. The summed E-state index contributed by atoms with van der Waals surface area (Å²) < 4.78 is 7.92. The molecule has 3 aromatic rings. The molecule has 2 aromatic heterocycles. The van der Waals surface area contributed by atoms with E-state index in [4.69, 9.17) is 21.3 Å². The van der Waals surface area contributed by atoms with Gasteiger partial charge in [-0.25, -0.2) is 4.98 Å². The van der Waals surface area contributed by atoms with Gasteiger partial charge in [0.15, 0.2) is 5.13 Å². The fraction of sp³-hybridized carbons (Fsp3) is 0.421. The molecule has 1 amide bonds. The molecule has 7 nitrogen and oxygen atoms in total. The first-order chi connectivity index (χ1) is 13.5. The number of carbonyl (C=O) groups excluding carboxylic acids is 1. The van der Waals surface area contributed by atoms with Gasteiger partial charge in [0.05, 0.1) is 28.5 Å². The van der Waals surface area contributed by atoms with Crippen LogP contribution in [0.4, 0.5) is 5.13 Å². The number of anilines is 1. The number of thiazole rings is 1. The van der Waals surface area contributed by atoms with E-state index in [9.17, 15) is 4.79 Å². The summed E-state index contributed by atoms with van der Waals surface area (Å²) in [7, 11) is 1.77. The van der Waals surface area contributed by atoms with Crippen molar-refractivity contribution in [1.29, 1.82) is 0 Å². The van der Waals surface area contributed by atoms with Crippen LogP contribution in [0, 0.1) is 6.92 Å². The van der Waals surface area contributed by atoms with Crippen LogP contribution in [-0.4, -0.2) is 65.0 Å². The van der Waals surface area contributed by atoms with Crippen LogP contribution in [0.5, 0.6) is 0 Å². The number of hydrogen-bond donors (Lipinski definition) is 0. The lowest BCUT2D eigenvalue weighted by molar-refractivity contribution is 0.0391. The van der Waals surface area contributed by atoms with E-state index in [-0.39, 0.29) is 5.91 Å². The van der Waals surface area contributed by atoms with Gasteiger partial charge in [0.1, 0.15) is 5.69 Å². The molecule has 0 N–H and O–H groups in total. The molecule has 1 fully saturated rings. The van der Waals surface area contributed by atoms with Gasteiger partial charge in [-0.3, -0.25) is 19.3 Å². The molecule has 9 heteroatoms. The van der Waals surface area contributed by atoms with Crippen molar-refractivity contribution in [1.82, 2.24) is 19.7 Å². The summed E-state index contributed by atoms with van der Waals surface area (Å²) in [4.78, 5) is 22.1. The fourth-order valence-electron chi connectivity index (χ4n) is 3.28. The molecule has 0 aliphatic carbocycles. The molecule has 0 radical (unpaired) electrons. The Morgan fingerprint density at radius 3 is 2.79 bits per heavy atom. The van der Waals surface area contributed by atoms with Crippen molar-refractivity contribution >= 4 is 44.2 Å². The van der Waals surface area contributed by atoms with Crippen molar-refractivity contribution in [2.24, 2.45) is 7.05 Å². The minimum absolute atomic E-state index is 0.110. The number of aryl methyl sites for hydroxylation is 2. The number of aromatic nitrogens is 3. The number of ether oxygens (including phenoxy) is 1. The first-order valence-electron chi connectivity index (χ1n) is 9.20. The summed E-state index contributed by atoms with van der Waals surface area (Å²) in [6.45, 7) is 6.51. The number of carbonyl (C=O) groups is 1. The highest BCUT2D eigenvalue weighted by Crippen LogP contribution is 2.36. The van der Waals surface area contributed by atoms with Gasteiger partial charge >= 0.3 is 0 Å². The lowest BCUT2D eigenvalue weighted by atomic mass is 10.2. The van der Waals surface area contributed by atoms with Crippen LogP contribution in [0.1, 0.15) is 16.1 Å². The first-order valence-corrected chi connectivity index (χ1v) is 10.4. The maximum absolute atomic E-state index is 13.3. The zero-order valence-corrected chi connectivity index (χ0v) is 17.5. The normalized spacial score (nSPS) is 15.2. The summed E-state index contributed by atoms with van der Waals surface area (Å²) >= 11 is 7.83. The number of nitrogens with zero attached hydrogens (tertiary/aromatic N) is 5. The van der Waals surface area contributed by atoms with Gasteiger partial charge in [-0.15, -0.1) is 0 Å². The highest BCUT2D eigenvalue weighted by Gasteiger charge is 2.25. The molecule has 28 heavy (non-hydrogen) atoms. The third kappa shape index (κ3) is 3.77. The number of benzene rings is 1. The lowest BCUT2D eigenvalue weighted by Gasteiger charge is -2.29. The van der Waals surface area contributed by atoms with E-state index in [0.717, 1.165) is 48.6 Å². The van der Waals surface area contributed by atoms with E-state index < -0.39 is 0 Å². The molecule has 0 unspecified atom stereocenters. The Labute approximate surface area is 172 Å². The van der Waals surface area contributed by atoms with Gasteiger partial charge in [-0.2, -0.15) is 5.10 Å². The molecule has 1 saturated heterocycles. The SMILES string of the molecule is Cc1ccc(Cl)c2sc(N(CCN3CCOCC3)C(=O)c3ccnn3C)nc12. The zero-order valence-electron chi connectivity index (χ0n) is 15.9. The predicted octanol–water partition coefficient (Wildman–Crippen LogP) is 2.97. The van der Waals surface area contributed by atoms with Gasteiger partial charge in [0, 0.05) is 39.4 Å². The summed E-state index contributed by atoms with van der Waals surface area (Å²) in [6, 6.07) is 5.56. The smallest absolute Gasteiger partial charge is 0.278 e. The minimum Gasteiger partial charge on any atom is -0.379 e. The van der Waals surface area contributed by atoms with Crippen LogP contribution >= 0.6 is 22.9 Å². The van der Waals surface area contributed by atoms with Crippen molar-refractivity contribution in [2.75, 3.05) is 44.3 Å². The van der Waals surface area contributed by atoms with E-state index >= 15 is 0 Å². The van der Waals surface area contributed by atoms with Crippen LogP contribution < -0.4 is 4.90 Å². The summed E-state index contributed by atoms with van der Waals surface area (Å²) in [5, 5.41) is 5.45. The zero-order chi connectivity index (χ0) is 19.7. The number of morpholine rings is 1. The summed E-state index contributed by atoms with van der Waals surface area (Å²) in [5.41, 5.74) is 2.42. The van der Waals surface area contributed by atoms with Gasteiger partial charge in [0.2, 0.25) is 0 Å². The quantitative estimate of drug-likeness (QED) is 0.636. The number of hydrogen-bond acceptors (Lipinski definition) is 6. The predicted molar refractivity (Wildman–Crippen MR) is 112 cm³/mol. The molecule has 4 rings (SSSR count). The first kappa shape index (κ1) is 19.3. The summed E-state index contributed by atoms with van der Waals surface area (Å²) in [6.07, 6.45) is 1.63. The Morgan fingerprint density at radius 2 is 2.11 bits per heavy atom. The molecule has 1 aliphatic rings. The minimum atomic E-state index is -0.110. The largest absolute Gasteiger partial charge is 0.379 e. The van der Waals surface area contributed by atoms with E-state index in [1.807, 2.05) is 19.1 Å². The van der Waals surface area contributed by atoms with Crippen molar-refractivity contribution < 1.29 is 9.53 Å². The molecule has 0 bridgehead atoms. The van der Waals surface area contributed by atoms with E-state index in [2.05, 4.69) is 10.00 Å². The molecule has 0 spiro atoms. The maximum Gasteiger partial charge on any atom is 0.278 e. The van der Waals surface area contributed by atoms with Gasteiger partial charge < -0.3 is 4.74 Å². The van der Waals surface area contributed by atoms with Gasteiger partial charge in [0.25, 0.3) is 5.91 Å². The van der Waals surface area contributed by atoms with Crippen LogP contribution in [-0.2, 0) is 11.8 Å².